The number of nitrogens with zero attached hydrogens (tertiary/aromatic N) is 2. The first-order valence-corrected chi connectivity index (χ1v) is 5.12. The Morgan fingerprint density at radius 3 is 2.56 bits per heavy atom. The van der Waals surface area contributed by atoms with Crippen LogP contribution < -0.4 is 5.32 Å². The van der Waals surface area contributed by atoms with Crippen LogP contribution in [0.1, 0.15) is 0 Å². The van der Waals surface area contributed by atoms with E-state index in [0.717, 1.165) is 4.90 Å². The molecule has 2 rings (SSSR count). The summed E-state index contributed by atoms with van der Waals surface area (Å²) in [6.45, 7) is 1.85. The summed E-state index contributed by atoms with van der Waals surface area (Å²) in [5.41, 5.74) is 0. The molecule has 0 aliphatic carbocycles. The molecule has 2 aliphatic rings. The molecule has 2 saturated heterocycles. The highest BCUT2D eigenvalue weighted by Crippen LogP contribution is 2.03. The number of ether oxygens (including phenoxy) is 1. The third-order valence-electron chi connectivity index (χ3n) is 2.59. The fraction of sp³-hybridized carbons (Fsp3) is 0.667. The first-order chi connectivity index (χ1) is 7.68. The minimum absolute atomic E-state index is 0.0186. The molecule has 7 nitrogen and oxygen atoms in total. The van der Waals surface area contributed by atoms with Crippen molar-refractivity contribution in [3.63, 3.8) is 0 Å². The number of rotatable bonds is 2. The highest BCUT2D eigenvalue weighted by molar-refractivity contribution is 6.04. The van der Waals surface area contributed by atoms with Crippen LogP contribution >= 0.6 is 0 Å². The van der Waals surface area contributed by atoms with E-state index in [1.165, 1.54) is 0 Å². The van der Waals surface area contributed by atoms with E-state index in [-0.39, 0.29) is 24.9 Å². The number of amides is 4. The lowest BCUT2D eigenvalue weighted by Crippen LogP contribution is -2.47. The summed E-state index contributed by atoms with van der Waals surface area (Å²) in [7, 11) is 0. The largest absolute Gasteiger partial charge is 0.378 e. The zero-order valence-electron chi connectivity index (χ0n) is 8.77. The summed E-state index contributed by atoms with van der Waals surface area (Å²) in [5, 5.41) is 2.37. The van der Waals surface area contributed by atoms with Crippen molar-refractivity contribution in [1.82, 2.24) is 15.1 Å². The van der Waals surface area contributed by atoms with E-state index in [2.05, 4.69) is 5.32 Å². The second kappa shape index (κ2) is 4.48. The number of urea groups is 1. The van der Waals surface area contributed by atoms with Crippen LogP contribution in [-0.4, -0.2) is 67.0 Å². The molecule has 0 unspecified atom stereocenters. The number of hydrogen-bond donors (Lipinski definition) is 1. The number of carbonyl (C=O) groups is 3. The average molecular weight is 227 g/mol. The SMILES string of the molecule is O=C(CN1C(=O)CNC1=O)N1CCOCC1. The Hall–Kier alpha value is -1.63. The summed E-state index contributed by atoms with van der Waals surface area (Å²) < 4.78 is 5.11. The molecular weight excluding hydrogens is 214 g/mol. The number of hydrogen-bond acceptors (Lipinski definition) is 4. The van der Waals surface area contributed by atoms with Crippen LogP contribution in [0.15, 0.2) is 0 Å². The molecule has 7 heteroatoms. The first kappa shape index (κ1) is 10.9. The molecule has 1 N–H and O–H groups in total. The summed E-state index contributed by atoms with van der Waals surface area (Å²) in [4.78, 5) is 36.7. The Morgan fingerprint density at radius 1 is 1.31 bits per heavy atom. The summed E-state index contributed by atoms with van der Waals surface area (Å²) >= 11 is 0. The Morgan fingerprint density at radius 2 is 2.00 bits per heavy atom. The van der Waals surface area contributed by atoms with Crippen molar-refractivity contribution in [2.24, 2.45) is 0 Å². The number of imide groups is 1. The Bertz CT molecular complexity index is 309. The zero-order valence-corrected chi connectivity index (χ0v) is 8.77. The Balaban J connectivity index is 1.90. The van der Waals surface area contributed by atoms with Crippen LogP contribution in [0.25, 0.3) is 0 Å². The average Bonchev–Trinajstić information content (AvgIpc) is 2.62. The predicted molar refractivity (Wildman–Crippen MR) is 52.5 cm³/mol. The van der Waals surface area contributed by atoms with Gasteiger partial charge < -0.3 is 15.0 Å². The normalized spacial score (nSPS) is 21.2. The lowest BCUT2D eigenvalue weighted by molar-refractivity contribution is -0.139. The van der Waals surface area contributed by atoms with Crippen LogP contribution in [0, 0.1) is 0 Å². The van der Waals surface area contributed by atoms with Gasteiger partial charge in [0.25, 0.3) is 5.91 Å². The van der Waals surface area contributed by atoms with Gasteiger partial charge in [-0.05, 0) is 0 Å². The second-order valence-corrected chi connectivity index (χ2v) is 3.63. The molecule has 0 spiro atoms. The van der Waals surface area contributed by atoms with Gasteiger partial charge in [0.05, 0.1) is 19.8 Å². The standard InChI is InChI=1S/C9H13N3O4/c13-7-5-10-9(15)12(7)6-8(14)11-1-3-16-4-2-11/h1-6H2,(H,10,15). The molecular formula is C9H13N3O4. The highest BCUT2D eigenvalue weighted by atomic mass is 16.5. The van der Waals surface area contributed by atoms with Crippen LogP contribution in [0.2, 0.25) is 0 Å². The van der Waals surface area contributed by atoms with Gasteiger partial charge in [0, 0.05) is 13.1 Å². The van der Waals surface area contributed by atoms with Crippen molar-refractivity contribution in [2.45, 2.75) is 0 Å². The van der Waals surface area contributed by atoms with Gasteiger partial charge in [-0.3, -0.25) is 14.5 Å². The molecule has 0 saturated carbocycles. The molecule has 2 heterocycles. The number of carbonyl (C=O) groups excluding carboxylic acids is 3. The van der Waals surface area contributed by atoms with Crippen molar-refractivity contribution in [1.29, 1.82) is 0 Å². The molecule has 2 fully saturated rings. The van der Waals surface area contributed by atoms with Crippen molar-refractivity contribution in [2.75, 3.05) is 39.4 Å². The highest BCUT2D eigenvalue weighted by Gasteiger charge is 2.31. The first-order valence-electron chi connectivity index (χ1n) is 5.12. The summed E-state index contributed by atoms with van der Waals surface area (Å²) in [6, 6.07) is -0.494. The molecule has 0 radical (unpaired) electrons. The van der Waals surface area contributed by atoms with Gasteiger partial charge in [-0.25, -0.2) is 4.79 Å². The monoisotopic (exact) mass is 227 g/mol. The number of morpholine rings is 1. The summed E-state index contributed by atoms with van der Waals surface area (Å²) in [6.07, 6.45) is 0. The van der Waals surface area contributed by atoms with Crippen LogP contribution in [-0.2, 0) is 14.3 Å². The minimum atomic E-state index is -0.494. The van der Waals surface area contributed by atoms with E-state index in [0.29, 0.717) is 26.3 Å². The Labute approximate surface area is 92.3 Å². The van der Waals surface area contributed by atoms with Crippen molar-refractivity contribution in [3.05, 3.63) is 0 Å². The molecule has 2 aliphatic heterocycles. The summed E-state index contributed by atoms with van der Waals surface area (Å²) in [5.74, 6) is -0.569. The maximum Gasteiger partial charge on any atom is 0.325 e. The topological polar surface area (TPSA) is 79.0 Å². The molecule has 88 valence electrons. The smallest absolute Gasteiger partial charge is 0.325 e. The molecule has 0 aromatic heterocycles. The van der Waals surface area contributed by atoms with Gasteiger partial charge in [-0.2, -0.15) is 0 Å². The van der Waals surface area contributed by atoms with Crippen LogP contribution in [0.3, 0.4) is 0 Å². The number of nitrogens with one attached hydrogen (secondary N) is 1. The molecule has 0 aromatic carbocycles. The molecule has 0 aromatic rings. The van der Waals surface area contributed by atoms with E-state index in [1.807, 2.05) is 0 Å². The van der Waals surface area contributed by atoms with Gasteiger partial charge in [-0.1, -0.05) is 0 Å². The van der Waals surface area contributed by atoms with Crippen LogP contribution in [0.5, 0.6) is 0 Å². The predicted octanol–water partition coefficient (Wildman–Crippen LogP) is -1.60. The van der Waals surface area contributed by atoms with E-state index in [4.69, 9.17) is 4.74 Å². The van der Waals surface area contributed by atoms with Gasteiger partial charge in [-0.15, -0.1) is 0 Å². The third-order valence-corrected chi connectivity index (χ3v) is 2.59. The zero-order chi connectivity index (χ0) is 11.5. The molecule has 4 amide bonds. The minimum Gasteiger partial charge on any atom is -0.378 e. The lowest BCUT2D eigenvalue weighted by atomic mass is 10.4. The van der Waals surface area contributed by atoms with Crippen molar-refractivity contribution in [3.8, 4) is 0 Å². The van der Waals surface area contributed by atoms with Crippen molar-refractivity contribution >= 4 is 17.8 Å². The third kappa shape index (κ3) is 2.13. The fourth-order valence-corrected chi connectivity index (χ4v) is 1.66. The van der Waals surface area contributed by atoms with Crippen molar-refractivity contribution < 1.29 is 19.1 Å². The van der Waals surface area contributed by atoms with Crippen LogP contribution in [0.4, 0.5) is 4.79 Å². The van der Waals surface area contributed by atoms with E-state index >= 15 is 0 Å². The van der Waals surface area contributed by atoms with Gasteiger partial charge >= 0.3 is 6.03 Å². The van der Waals surface area contributed by atoms with E-state index < -0.39 is 6.03 Å². The molecule has 0 atom stereocenters. The molecule has 16 heavy (non-hydrogen) atoms. The van der Waals surface area contributed by atoms with E-state index in [9.17, 15) is 14.4 Å². The maximum absolute atomic E-state index is 11.7. The maximum atomic E-state index is 11.7. The second-order valence-electron chi connectivity index (χ2n) is 3.63. The lowest BCUT2D eigenvalue weighted by Gasteiger charge is -2.27. The van der Waals surface area contributed by atoms with Gasteiger partial charge in [0.2, 0.25) is 5.91 Å². The van der Waals surface area contributed by atoms with E-state index in [1.54, 1.807) is 4.90 Å². The van der Waals surface area contributed by atoms with Gasteiger partial charge in [0.15, 0.2) is 0 Å². The van der Waals surface area contributed by atoms with Gasteiger partial charge in [0.1, 0.15) is 6.54 Å². The Kier molecular flexibility index (Phi) is 3.04. The molecule has 0 bridgehead atoms. The quantitative estimate of drug-likeness (QED) is 0.576. The fourth-order valence-electron chi connectivity index (χ4n) is 1.66.